The fourth-order valence-electron chi connectivity index (χ4n) is 2.07. The zero-order valence-electron chi connectivity index (χ0n) is 11.4. The van der Waals surface area contributed by atoms with Crippen LogP contribution in [0.15, 0.2) is 53.5 Å². The monoisotopic (exact) mass is 267 g/mol. The van der Waals surface area contributed by atoms with Gasteiger partial charge in [-0.3, -0.25) is 4.99 Å². The van der Waals surface area contributed by atoms with E-state index in [-0.39, 0.29) is 0 Å². The maximum Gasteiger partial charge on any atom is 0.195 e. The van der Waals surface area contributed by atoms with Crippen LogP contribution in [-0.2, 0) is 0 Å². The van der Waals surface area contributed by atoms with Crippen LogP contribution in [0.1, 0.15) is 5.56 Å². The van der Waals surface area contributed by atoms with Crippen LogP contribution in [0.5, 0.6) is 11.5 Å². The molecule has 1 aliphatic rings. The van der Waals surface area contributed by atoms with Crippen molar-refractivity contribution in [3.05, 3.63) is 54.1 Å². The molecule has 1 aliphatic heterocycles. The first-order valence-corrected chi connectivity index (χ1v) is 6.70. The lowest BCUT2D eigenvalue weighted by atomic mass is 10.2. The van der Waals surface area contributed by atoms with Crippen molar-refractivity contribution < 1.29 is 4.74 Å². The number of para-hydroxylation sites is 1. The molecule has 2 N–H and O–H groups in total. The van der Waals surface area contributed by atoms with E-state index in [1.807, 2.05) is 48.5 Å². The summed E-state index contributed by atoms with van der Waals surface area (Å²) in [5.41, 5.74) is 2.16. The van der Waals surface area contributed by atoms with Crippen LogP contribution in [0.4, 0.5) is 5.69 Å². The van der Waals surface area contributed by atoms with Crippen LogP contribution in [0.2, 0.25) is 0 Å². The topological polar surface area (TPSA) is 45.6 Å². The van der Waals surface area contributed by atoms with E-state index in [0.29, 0.717) is 0 Å². The number of hydrogen-bond acceptors (Lipinski definition) is 4. The van der Waals surface area contributed by atoms with Crippen LogP contribution >= 0.6 is 0 Å². The Balaban J connectivity index is 1.73. The van der Waals surface area contributed by atoms with Gasteiger partial charge < -0.3 is 15.4 Å². The lowest BCUT2D eigenvalue weighted by Crippen LogP contribution is -2.26. The summed E-state index contributed by atoms with van der Waals surface area (Å²) >= 11 is 0. The van der Waals surface area contributed by atoms with Crippen LogP contribution in [0.25, 0.3) is 0 Å². The van der Waals surface area contributed by atoms with Gasteiger partial charge in [0, 0.05) is 12.2 Å². The minimum Gasteiger partial charge on any atom is -0.457 e. The lowest BCUT2D eigenvalue weighted by molar-refractivity contribution is 0.482. The van der Waals surface area contributed by atoms with Gasteiger partial charge in [0.2, 0.25) is 0 Å². The quantitative estimate of drug-likeness (QED) is 0.898. The summed E-state index contributed by atoms with van der Waals surface area (Å²) in [5.74, 6) is 2.51. The third kappa shape index (κ3) is 2.91. The first-order chi connectivity index (χ1) is 9.81. The molecule has 102 valence electrons. The number of aryl methyl sites for hydroxylation is 1. The zero-order valence-corrected chi connectivity index (χ0v) is 11.4. The van der Waals surface area contributed by atoms with Crippen molar-refractivity contribution in [1.29, 1.82) is 0 Å². The highest BCUT2D eigenvalue weighted by atomic mass is 16.5. The molecule has 4 heteroatoms. The molecule has 0 amide bonds. The molecule has 0 saturated carbocycles. The SMILES string of the molecule is Cc1cc(Oc2ccccc2)ccc1NC1=NCCN1. The summed E-state index contributed by atoms with van der Waals surface area (Å²) in [6.07, 6.45) is 0. The Hall–Kier alpha value is -2.49. The lowest BCUT2D eigenvalue weighted by Gasteiger charge is -2.12. The van der Waals surface area contributed by atoms with Crippen molar-refractivity contribution in [2.45, 2.75) is 6.92 Å². The molecule has 0 aliphatic carbocycles. The average molecular weight is 267 g/mol. The number of nitrogens with zero attached hydrogens (tertiary/aromatic N) is 1. The van der Waals surface area contributed by atoms with Gasteiger partial charge in [-0.05, 0) is 42.8 Å². The molecule has 20 heavy (non-hydrogen) atoms. The number of ether oxygens (including phenoxy) is 1. The summed E-state index contributed by atoms with van der Waals surface area (Å²) in [4.78, 5) is 4.33. The standard InChI is InChI=1S/C16H17N3O/c1-12-11-14(20-13-5-3-2-4-6-13)7-8-15(12)19-16-17-9-10-18-16/h2-8,11H,9-10H2,1H3,(H2,17,18,19). The normalized spacial score (nSPS) is 13.6. The molecule has 0 unspecified atom stereocenters. The number of aliphatic imine (C=N–C) groups is 1. The number of nitrogens with one attached hydrogen (secondary N) is 2. The number of guanidine groups is 1. The maximum atomic E-state index is 5.81. The van der Waals surface area contributed by atoms with E-state index in [4.69, 9.17) is 4.74 Å². The molecule has 2 aromatic carbocycles. The first kappa shape index (κ1) is 12.5. The highest BCUT2D eigenvalue weighted by molar-refractivity contribution is 5.95. The highest BCUT2D eigenvalue weighted by Crippen LogP contribution is 2.25. The highest BCUT2D eigenvalue weighted by Gasteiger charge is 2.07. The largest absolute Gasteiger partial charge is 0.457 e. The van der Waals surface area contributed by atoms with Crippen molar-refractivity contribution in [1.82, 2.24) is 5.32 Å². The molecule has 0 fully saturated rings. The van der Waals surface area contributed by atoms with Crippen LogP contribution in [0.3, 0.4) is 0 Å². The molecule has 0 radical (unpaired) electrons. The Morgan fingerprint density at radius 3 is 2.65 bits per heavy atom. The van der Waals surface area contributed by atoms with Crippen LogP contribution in [0, 0.1) is 6.92 Å². The molecule has 0 bridgehead atoms. The van der Waals surface area contributed by atoms with Crippen molar-refractivity contribution in [2.75, 3.05) is 18.4 Å². The number of rotatable bonds is 3. The van der Waals surface area contributed by atoms with Crippen molar-refractivity contribution in [3.63, 3.8) is 0 Å². The van der Waals surface area contributed by atoms with Crippen molar-refractivity contribution in [3.8, 4) is 11.5 Å². The minimum atomic E-state index is 0.830. The summed E-state index contributed by atoms with van der Waals surface area (Å²) in [6.45, 7) is 3.78. The molecule has 0 spiro atoms. The predicted octanol–water partition coefficient (Wildman–Crippen LogP) is 3.16. The van der Waals surface area contributed by atoms with E-state index < -0.39 is 0 Å². The van der Waals surface area contributed by atoms with Crippen LogP contribution in [-0.4, -0.2) is 19.0 Å². The van der Waals surface area contributed by atoms with Crippen molar-refractivity contribution >= 4 is 11.6 Å². The Morgan fingerprint density at radius 1 is 1.10 bits per heavy atom. The molecule has 0 atom stereocenters. The molecule has 0 saturated heterocycles. The summed E-state index contributed by atoms with van der Waals surface area (Å²) in [7, 11) is 0. The number of anilines is 1. The van der Waals surface area contributed by atoms with Gasteiger partial charge in [0.05, 0.1) is 6.54 Å². The molecule has 2 aromatic rings. The van der Waals surface area contributed by atoms with E-state index in [2.05, 4.69) is 22.5 Å². The molecule has 0 aromatic heterocycles. The van der Waals surface area contributed by atoms with E-state index in [9.17, 15) is 0 Å². The smallest absolute Gasteiger partial charge is 0.195 e. The van der Waals surface area contributed by atoms with Gasteiger partial charge in [-0.15, -0.1) is 0 Å². The summed E-state index contributed by atoms with van der Waals surface area (Å²) < 4.78 is 5.81. The second kappa shape index (κ2) is 5.65. The molecular formula is C16H17N3O. The molecular weight excluding hydrogens is 250 g/mol. The Morgan fingerprint density at radius 2 is 1.95 bits per heavy atom. The molecule has 3 rings (SSSR count). The third-order valence-electron chi connectivity index (χ3n) is 3.10. The Kier molecular flexibility index (Phi) is 3.54. The predicted molar refractivity (Wildman–Crippen MR) is 81.6 cm³/mol. The Labute approximate surface area is 118 Å². The maximum absolute atomic E-state index is 5.81. The van der Waals surface area contributed by atoms with Gasteiger partial charge in [-0.2, -0.15) is 0 Å². The van der Waals surface area contributed by atoms with E-state index in [1.165, 1.54) is 0 Å². The fourth-order valence-corrected chi connectivity index (χ4v) is 2.07. The van der Waals surface area contributed by atoms with Gasteiger partial charge in [0.15, 0.2) is 5.96 Å². The molecule has 1 heterocycles. The van der Waals surface area contributed by atoms with Gasteiger partial charge in [0.25, 0.3) is 0 Å². The minimum absolute atomic E-state index is 0.830. The van der Waals surface area contributed by atoms with E-state index in [1.54, 1.807) is 0 Å². The van der Waals surface area contributed by atoms with Gasteiger partial charge in [0.1, 0.15) is 11.5 Å². The summed E-state index contributed by atoms with van der Waals surface area (Å²) in [5, 5.41) is 6.48. The molecule has 4 nitrogen and oxygen atoms in total. The van der Waals surface area contributed by atoms with Gasteiger partial charge >= 0.3 is 0 Å². The van der Waals surface area contributed by atoms with Gasteiger partial charge in [-0.25, -0.2) is 0 Å². The first-order valence-electron chi connectivity index (χ1n) is 6.70. The second-order valence-corrected chi connectivity index (χ2v) is 4.67. The summed E-state index contributed by atoms with van der Waals surface area (Å²) in [6, 6.07) is 15.8. The van der Waals surface area contributed by atoms with Gasteiger partial charge in [-0.1, -0.05) is 18.2 Å². The zero-order chi connectivity index (χ0) is 13.8. The van der Waals surface area contributed by atoms with E-state index in [0.717, 1.165) is 41.8 Å². The van der Waals surface area contributed by atoms with Crippen molar-refractivity contribution in [2.24, 2.45) is 4.99 Å². The Bertz CT molecular complexity index is 623. The third-order valence-corrected chi connectivity index (χ3v) is 3.10. The number of benzene rings is 2. The fraction of sp³-hybridized carbons (Fsp3) is 0.188. The second-order valence-electron chi connectivity index (χ2n) is 4.67. The van der Waals surface area contributed by atoms with Crippen LogP contribution < -0.4 is 15.4 Å². The van der Waals surface area contributed by atoms with E-state index >= 15 is 0 Å². The average Bonchev–Trinajstić information content (AvgIpc) is 2.96. The number of hydrogen-bond donors (Lipinski definition) is 2.